The number of amides is 2. The molecule has 0 spiro atoms. The Morgan fingerprint density at radius 3 is 2.63 bits per heavy atom. The van der Waals surface area contributed by atoms with Crippen LogP contribution in [0.2, 0.25) is 0 Å². The van der Waals surface area contributed by atoms with Crippen LogP contribution in [0.15, 0.2) is 41.0 Å². The fourth-order valence-corrected chi connectivity index (χ4v) is 3.99. The molecule has 2 N–H and O–H groups in total. The first-order valence-electron chi connectivity index (χ1n) is 9.87. The van der Waals surface area contributed by atoms with E-state index in [4.69, 9.17) is 4.42 Å². The second-order valence-corrected chi connectivity index (χ2v) is 7.79. The van der Waals surface area contributed by atoms with Crippen molar-refractivity contribution in [2.24, 2.45) is 5.92 Å². The topological polar surface area (TPSA) is 71.3 Å². The molecule has 0 bridgehead atoms. The second kappa shape index (κ2) is 7.59. The van der Waals surface area contributed by atoms with Gasteiger partial charge in [-0.25, -0.2) is 0 Å². The highest BCUT2D eigenvalue weighted by Crippen LogP contribution is 2.48. The molecule has 1 aromatic heterocycles. The van der Waals surface area contributed by atoms with Gasteiger partial charge in [-0.15, -0.1) is 0 Å². The molecule has 0 aliphatic heterocycles. The van der Waals surface area contributed by atoms with E-state index in [0.29, 0.717) is 11.6 Å². The first kappa shape index (κ1) is 17.8. The first-order valence-corrected chi connectivity index (χ1v) is 9.87. The minimum atomic E-state index is -0.0372. The van der Waals surface area contributed by atoms with E-state index in [9.17, 15) is 9.59 Å². The van der Waals surface area contributed by atoms with Gasteiger partial charge >= 0.3 is 0 Å². The average Bonchev–Trinajstić information content (AvgIpc) is 3.29. The zero-order chi connectivity index (χ0) is 18.8. The highest BCUT2D eigenvalue weighted by Gasteiger charge is 2.45. The highest BCUT2D eigenvalue weighted by atomic mass is 16.3. The van der Waals surface area contributed by atoms with Crippen LogP contribution in [0.5, 0.6) is 0 Å². The van der Waals surface area contributed by atoms with Gasteiger partial charge in [0.25, 0.3) is 5.91 Å². The maximum atomic E-state index is 12.5. The van der Waals surface area contributed by atoms with Crippen LogP contribution in [-0.4, -0.2) is 17.9 Å². The quantitative estimate of drug-likeness (QED) is 0.824. The Kier molecular flexibility index (Phi) is 5.01. The van der Waals surface area contributed by atoms with Gasteiger partial charge in [-0.1, -0.05) is 19.3 Å². The molecule has 2 saturated carbocycles. The molecule has 1 heterocycles. The predicted molar refractivity (Wildman–Crippen MR) is 104 cm³/mol. The largest absolute Gasteiger partial charge is 0.469 e. The van der Waals surface area contributed by atoms with Crippen molar-refractivity contribution in [2.45, 2.75) is 57.4 Å². The molecule has 2 fully saturated rings. The van der Waals surface area contributed by atoms with E-state index >= 15 is 0 Å². The lowest BCUT2D eigenvalue weighted by molar-refractivity contribution is -0.117. The lowest BCUT2D eigenvalue weighted by Crippen LogP contribution is -2.36. The third kappa shape index (κ3) is 4.07. The molecule has 2 aliphatic rings. The van der Waals surface area contributed by atoms with Crippen LogP contribution in [0, 0.1) is 12.8 Å². The number of carbonyl (C=O) groups excluding carboxylic acids is 2. The van der Waals surface area contributed by atoms with Crippen molar-refractivity contribution in [3.8, 4) is 0 Å². The van der Waals surface area contributed by atoms with E-state index in [-0.39, 0.29) is 23.7 Å². The number of rotatable bonds is 5. The maximum Gasteiger partial charge on any atom is 0.251 e. The summed E-state index contributed by atoms with van der Waals surface area (Å²) < 4.78 is 5.39. The number of hydrogen-bond donors (Lipinski definition) is 2. The van der Waals surface area contributed by atoms with Gasteiger partial charge in [0, 0.05) is 29.1 Å². The lowest BCUT2D eigenvalue weighted by atomic mass is 9.95. The summed E-state index contributed by atoms with van der Waals surface area (Å²) in [7, 11) is 0. The first-order chi connectivity index (χ1) is 13.1. The molecule has 142 valence electrons. The van der Waals surface area contributed by atoms with Gasteiger partial charge < -0.3 is 15.1 Å². The second-order valence-electron chi connectivity index (χ2n) is 7.79. The van der Waals surface area contributed by atoms with E-state index < -0.39 is 0 Å². The monoisotopic (exact) mass is 366 g/mol. The van der Waals surface area contributed by atoms with Crippen LogP contribution >= 0.6 is 0 Å². The third-order valence-electron chi connectivity index (χ3n) is 5.72. The standard InChI is InChI=1S/C22H26N2O3/c1-14-12-15(21(25)23-16-6-3-2-4-7-16)9-10-19(14)24-22(26)18-13-17(18)20-8-5-11-27-20/h5,8-12,16-18H,2-4,6-7,13H2,1H3,(H,23,25)(H,24,26). The molecular weight excluding hydrogens is 340 g/mol. The van der Waals surface area contributed by atoms with E-state index in [2.05, 4.69) is 10.6 Å². The summed E-state index contributed by atoms with van der Waals surface area (Å²) in [6.45, 7) is 1.92. The van der Waals surface area contributed by atoms with Crippen LogP contribution < -0.4 is 10.6 Å². The number of furan rings is 1. The molecule has 27 heavy (non-hydrogen) atoms. The molecular formula is C22H26N2O3. The zero-order valence-electron chi connectivity index (χ0n) is 15.7. The number of benzene rings is 1. The highest BCUT2D eigenvalue weighted by molar-refractivity contribution is 5.98. The van der Waals surface area contributed by atoms with Gasteiger partial charge in [-0.05, 0) is 62.1 Å². The van der Waals surface area contributed by atoms with Crippen molar-refractivity contribution in [1.82, 2.24) is 5.32 Å². The fraction of sp³-hybridized carbons (Fsp3) is 0.455. The predicted octanol–water partition coefficient (Wildman–Crippen LogP) is 4.39. The van der Waals surface area contributed by atoms with E-state index in [1.165, 1.54) is 19.3 Å². The molecule has 5 nitrogen and oxygen atoms in total. The number of anilines is 1. The van der Waals surface area contributed by atoms with Crippen LogP contribution in [0.3, 0.4) is 0 Å². The van der Waals surface area contributed by atoms with Crippen LogP contribution in [-0.2, 0) is 4.79 Å². The van der Waals surface area contributed by atoms with Crippen molar-refractivity contribution in [3.63, 3.8) is 0 Å². The van der Waals surface area contributed by atoms with Gasteiger partial charge in [0.05, 0.1) is 6.26 Å². The fourth-order valence-electron chi connectivity index (χ4n) is 3.99. The molecule has 5 heteroatoms. The van der Waals surface area contributed by atoms with E-state index in [1.807, 2.05) is 31.2 Å². The van der Waals surface area contributed by atoms with Gasteiger partial charge in [-0.2, -0.15) is 0 Å². The van der Waals surface area contributed by atoms with E-state index in [0.717, 1.165) is 36.3 Å². The molecule has 2 aromatic rings. The van der Waals surface area contributed by atoms with Crippen molar-refractivity contribution in [2.75, 3.05) is 5.32 Å². The van der Waals surface area contributed by atoms with Gasteiger partial charge in [-0.3, -0.25) is 9.59 Å². The Bertz CT molecular complexity index is 822. The zero-order valence-corrected chi connectivity index (χ0v) is 15.7. The summed E-state index contributed by atoms with van der Waals surface area (Å²) in [6.07, 6.45) is 8.24. The summed E-state index contributed by atoms with van der Waals surface area (Å²) in [6, 6.07) is 9.53. The van der Waals surface area contributed by atoms with Crippen molar-refractivity contribution in [1.29, 1.82) is 0 Å². The molecule has 0 saturated heterocycles. The van der Waals surface area contributed by atoms with Crippen LogP contribution in [0.1, 0.15) is 66.1 Å². The summed E-state index contributed by atoms with van der Waals surface area (Å²) in [5.41, 5.74) is 2.31. The molecule has 2 unspecified atom stereocenters. The Hall–Kier alpha value is -2.56. The summed E-state index contributed by atoms with van der Waals surface area (Å²) in [5.74, 6) is 1.01. The van der Waals surface area contributed by atoms with E-state index in [1.54, 1.807) is 12.3 Å². The Morgan fingerprint density at radius 2 is 1.93 bits per heavy atom. The summed E-state index contributed by atoms with van der Waals surface area (Å²) in [5, 5.41) is 6.13. The van der Waals surface area contributed by atoms with Crippen molar-refractivity contribution < 1.29 is 14.0 Å². The number of nitrogens with one attached hydrogen (secondary N) is 2. The SMILES string of the molecule is Cc1cc(C(=O)NC2CCCCC2)ccc1NC(=O)C1CC1c1ccco1. The number of hydrogen-bond acceptors (Lipinski definition) is 3. The number of carbonyl (C=O) groups is 2. The number of aryl methyl sites for hydroxylation is 1. The molecule has 2 atom stereocenters. The molecule has 1 aromatic carbocycles. The lowest BCUT2D eigenvalue weighted by Gasteiger charge is -2.23. The third-order valence-corrected chi connectivity index (χ3v) is 5.72. The van der Waals surface area contributed by atoms with Gasteiger partial charge in [0.2, 0.25) is 5.91 Å². The Balaban J connectivity index is 1.35. The Morgan fingerprint density at radius 1 is 1.11 bits per heavy atom. The van der Waals surface area contributed by atoms with Crippen molar-refractivity contribution in [3.05, 3.63) is 53.5 Å². The molecule has 4 rings (SSSR count). The van der Waals surface area contributed by atoms with Gasteiger partial charge in [0.15, 0.2) is 0 Å². The smallest absolute Gasteiger partial charge is 0.251 e. The Labute approximate surface area is 159 Å². The van der Waals surface area contributed by atoms with Crippen LogP contribution in [0.4, 0.5) is 5.69 Å². The average molecular weight is 366 g/mol. The maximum absolute atomic E-state index is 12.5. The molecule has 2 aliphatic carbocycles. The van der Waals surface area contributed by atoms with Gasteiger partial charge in [0.1, 0.15) is 5.76 Å². The minimum absolute atomic E-state index is 0.0129. The summed E-state index contributed by atoms with van der Waals surface area (Å²) in [4.78, 5) is 25.0. The van der Waals surface area contributed by atoms with Crippen LogP contribution in [0.25, 0.3) is 0 Å². The minimum Gasteiger partial charge on any atom is -0.469 e. The summed E-state index contributed by atoms with van der Waals surface area (Å²) >= 11 is 0. The molecule has 2 amide bonds. The van der Waals surface area contributed by atoms with Crippen molar-refractivity contribution >= 4 is 17.5 Å². The normalized spacial score (nSPS) is 22.3. The molecule has 0 radical (unpaired) electrons.